The third-order valence-electron chi connectivity index (χ3n) is 2.00. The lowest BCUT2D eigenvalue weighted by molar-refractivity contribution is -0.110. The molecule has 0 spiro atoms. The minimum Gasteiger partial charge on any atom is -0.504 e. The van der Waals surface area contributed by atoms with Crippen molar-refractivity contribution in [2.24, 2.45) is 0 Å². The number of para-hydroxylation sites is 2. The van der Waals surface area contributed by atoms with Crippen molar-refractivity contribution in [2.75, 3.05) is 20.8 Å². The first-order valence-corrected chi connectivity index (χ1v) is 4.74. The van der Waals surface area contributed by atoms with Crippen LogP contribution in [0.25, 0.3) is 0 Å². The van der Waals surface area contributed by atoms with Gasteiger partial charge in [0.1, 0.15) is 0 Å². The van der Waals surface area contributed by atoms with Crippen molar-refractivity contribution in [2.45, 2.75) is 12.7 Å². The maximum Gasteiger partial charge on any atom is 0.160 e. The standard InChI is InChI=1S/C11H16O4/c1-13-11(14-2)7-8-15-10-6-4-3-5-9(10)12/h3-6,11-12H,7-8H2,1-2H3. The van der Waals surface area contributed by atoms with E-state index in [0.717, 1.165) is 0 Å². The first-order chi connectivity index (χ1) is 7.27. The molecule has 4 heteroatoms. The van der Waals surface area contributed by atoms with Gasteiger partial charge in [-0.1, -0.05) is 12.1 Å². The second kappa shape index (κ2) is 6.27. The largest absolute Gasteiger partial charge is 0.504 e. The molecule has 0 amide bonds. The summed E-state index contributed by atoms with van der Waals surface area (Å²) in [6, 6.07) is 6.85. The molecule has 0 aromatic heterocycles. The van der Waals surface area contributed by atoms with Crippen LogP contribution in [0.1, 0.15) is 6.42 Å². The molecule has 84 valence electrons. The fourth-order valence-electron chi connectivity index (χ4n) is 1.18. The molecule has 0 saturated carbocycles. The molecule has 0 fully saturated rings. The van der Waals surface area contributed by atoms with E-state index in [1.54, 1.807) is 38.5 Å². The Kier molecular flexibility index (Phi) is 4.93. The second-order valence-corrected chi connectivity index (χ2v) is 3.01. The van der Waals surface area contributed by atoms with Gasteiger partial charge in [0.25, 0.3) is 0 Å². The van der Waals surface area contributed by atoms with Crippen LogP contribution >= 0.6 is 0 Å². The van der Waals surface area contributed by atoms with Gasteiger partial charge in [0.05, 0.1) is 6.61 Å². The highest BCUT2D eigenvalue weighted by molar-refractivity contribution is 5.37. The number of hydrogen-bond donors (Lipinski definition) is 1. The SMILES string of the molecule is COC(CCOc1ccccc1O)OC. The summed E-state index contributed by atoms with van der Waals surface area (Å²) in [7, 11) is 3.16. The zero-order valence-electron chi connectivity index (χ0n) is 8.97. The summed E-state index contributed by atoms with van der Waals surface area (Å²) in [6.45, 7) is 0.434. The van der Waals surface area contributed by atoms with E-state index in [1.807, 2.05) is 0 Å². The number of benzene rings is 1. The first-order valence-electron chi connectivity index (χ1n) is 4.74. The summed E-state index contributed by atoms with van der Waals surface area (Å²) in [5.41, 5.74) is 0. The van der Waals surface area contributed by atoms with Crippen LogP contribution in [0.3, 0.4) is 0 Å². The van der Waals surface area contributed by atoms with E-state index < -0.39 is 0 Å². The first kappa shape index (κ1) is 11.8. The van der Waals surface area contributed by atoms with E-state index in [0.29, 0.717) is 18.8 Å². The zero-order chi connectivity index (χ0) is 11.1. The predicted octanol–water partition coefficient (Wildman–Crippen LogP) is 1.78. The van der Waals surface area contributed by atoms with Gasteiger partial charge in [-0.25, -0.2) is 0 Å². The van der Waals surface area contributed by atoms with Crippen molar-refractivity contribution < 1.29 is 19.3 Å². The molecular weight excluding hydrogens is 196 g/mol. The van der Waals surface area contributed by atoms with Crippen LogP contribution in [0.2, 0.25) is 0 Å². The van der Waals surface area contributed by atoms with Gasteiger partial charge in [-0.15, -0.1) is 0 Å². The summed E-state index contributed by atoms with van der Waals surface area (Å²) < 4.78 is 15.4. The lowest BCUT2D eigenvalue weighted by atomic mass is 10.3. The fraction of sp³-hybridized carbons (Fsp3) is 0.455. The molecule has 0 heterocycles. The van der Waals surface area contributed by atoms with Crippen molar-refractivity contribution in [3.63, 3.8) is 0 Å². The molecule has 15 heavy (non-hydrogen) atoms. The van der Waals surface area contributed by atoms with Crippen LogP contribution in [-0.2, 0) is 9.47 Å². The van der Waals surface area contributed by atoms with Crippen LogP contribution in [-0.4, -0.2) is 32.2 Å². The molecule has 1 rings (SSSR count). The number of phenolic OH excluding ortho intramolecular Hbond substituents is 1. The normalized spacial score (nSPS) is 10.6. The molecule has 0 radical (unpaired) electrons. The molecular formula is C11H16O4. The highest BCUT2D eigenvalue weighted by Gasteiger charge is 2.06. The Morgan fingerprint density at radius 2 is 1.87 bits per heavy atom. The highest BCUT2D eigenvalue weighted by atomic mass is 16.7. The maximum atomic E-state index is 9.40. The van der Waals surface area contributed by atoms with Gasteiger partial charge in [-0.3, -0.25) is 0 Å². The predicted molar refractivity (Wildman–Crippen MR) is 56.0 cm³/mol. The minimum absolute atomic E-state index is 0.142. The van der Waals surface area contributed by atoms with E-state index in [9.17, 15) is 5.11 Å². The molecule has 4 nitrogen and oxygen atoms in total. The summed E-state index contributed by atoms with van der Waals surface area (Å²) >= 11 is 0. The van der Waals surface area contributed by atoms with E-state index in [4.69, 9.17) is 14.2 Å². The van der Waals surface area contributed by atoms with Crippen molar-refractivity contribution in [3.8, 4) is 11.5 Å². The Morgan fingerprint density at radius 3 is 2.47 bits per heavy atom. The van der Waals surface area contributed by atoms with Gasteiger partial charge in [0.2, 0.25) is 0 Å². The lowest BCUT2D eigenvalue weighted by Crippen LogP contribution is -2.16. The van der Waals surface area contributed by atoms with Crippen LogP contribution in [0.15, 0.2) is 24.3 Å². The number of aromatic hydroxyl groups is 1. The molecule has 0 saturated heterocycles. The Balaban J connectivity index is 2.34. The summed E-state index contributed by atoms with van der Waals surface area (Å²) in [5.74, 6) is 0.618. The molecule has 0 unspecified atom stereocenters. The van der Waals surface area contributed by atoms with E-state index >= 15 is 0 Å². The number of rotatable bonds is 6. The number of hydrogen-bond acceptors (Lipinski definition) is 4. The van der Waals surface area contributed by atoms with Crippen LogP contribution < -0.4 is 4.74 Å². The lowest BCUT2D eigenvalue weighted by Gasteiger charge is -2.13. The van der Waals surface area contributed by atoms with Gasteiger partial charge >= 0.3 is 0 Å². The average Bonchev–Trinajstić information content (AvgIpc) is 2.27. The van der Waals surface area contributed by atoms with Crippen molar-refractivity contribution in [1.29, 1.82) is 0 Å². The third kappa shape index (κ3) is 3.77. The molecule has 0 atom stereocenters. The summed E-state index contributed by atoms with van der Waals surface area (Å²) in [6.07, 6.45) is 0.345. The van der Waals surface area contributed by atoms with Gasteiger partial charge in [0, 0.05) is 20.6 Å². The topological polar surface area (TPSA) is 47.9 Å². The highest BCUT2D eigenvalue weighted by Crippen LogP contribution is 2.24. The monoisotopic (exact) mass is 212 g/mol. The minimum atomic E-state index is -0.268. The molecule has 0 aliphatic carbocycles. The Bertz CT molecular complexity index is 284. The summed E-state index contributed by atoms with van der Waals surface area (Å²) in [5, 5.41) is 9.40. The molecule has 0 bridgehead atoms. The average molecular weight is 212 g/mol. The second-order valence-electron chi connectivity index (χ2n) is 3.01. The van der Waals surface area contributed by atoms with Crippen molar-refractivity contribution >= 4 is 0 Å². The van der Waals surface area contributed by atoms with Crippen LogP contribution in [0.5, 0.6) is 11.5 Å². The number of ether oxygens (including phenoxy) is 3. The summed E-state index contributed by atoms with van der Waals surface area (Å²) in [4.78, 5) is 0. The van der Waals surface area contributed by atoms with Gasteiger partial charge < -0.3 is 19.3 Å². The van der Waals surface area contributed by atoms with Gasteiger partial charge in [-0.2, -0.15) is 0 Å². The van der Waals surface area contributed by atoms with E-state index in [-0.39, 0.29) is 12.0 Å². The maximum absolute atomic E-state index is 9.40. The molecule has 0 aliphatic heterocycles. The molecule has 0 aliphatic rings. The van der Waals surface area contributed by atoms with Gasteiger partial charge in [-0.05, 0) is 12.1 Å². The quantitative estimate of drug-likeness (QED) is 0.730. The van der Waals surface area contributed by atoms with Crippen LogP contribution in [0, 0.1) is 0 Å². The Morgan fingerprint density at radius 1 is 1.20 bits per heavy atom. The van der Waals surface area contributed by atoms with Crippen LogP contribution in [0.4, 0.5) is 0 Å². The smallest absolute Gasteiger partial charge is 0.160 e. The van der Waals surface area contributed by atoms with Crippen molar-refractivity contribution in [1.82, 2.24) is 0 Å². The van der Waals surface area contributed by atoms with Crippen molar-refractivity contribution in [3.05, 3.63) is 24.3 Å². The number of methoxy groups -OCH3 is 2. The Hall–Kier alpha value is -1.26. The third-order valence-corrected chi connectivity index (χ3v) is 2.00. The van der Waals surface area contributed by atoms with Gasteiger partial charge in [0.15, 0.2) is 17.8 Å². The number of phenols is 1. The molecule has 1 aromatic rings. The Labute approximate surface area is 89.4 Å². The van der Waals surface area contributed by atoms with E-state index in [1.165, 1.54) is 0 Å². The molecule has 1 N–H and O–H groups in total. The fourth-order valence-corrected chi connectivity index (χ4v) is 1.18. The zero-order valence-corrected chi connectivity index (χ0v) is 8.97. The van der Waals surface area contributed by atoms with E-state index in [2.05, 4.69) is 0 Å². The molecule has 1 aromatic carbocycles.